The summed E-state index contributed by atoms with van der Waals surface area (Å²) in [6.07, 6.45) is 6.19. The molecule has 0 spiro atoms. The van der Waals surface area contributed by atoms with Crippen LogP contribution in [0.2, 0.25) is 0 Å². The Morgan fingerprint density at radius 3 is 2.63 bits per heavy atom. The van der Waals surface area contributed by atoms with Gasteiger partial charge in [0.2, 0.25) is 0 Å². The lowest BCUT2D eigenvalue weighted by atomic mass is 10.1. The van der Waals surface area contributed by atoms with Crippen molar-refractivity contribution >= 4 is 28.7 Å². The van der Waals surface area contributed by atoms with Crippen LogP contribution in [0.1, 0.15) is 40.3 Å². The maximum Gasteiger partial charge on any atom is 0.275 e. The summed E-state index contributed by atoms with van der Waals surface area (Å²) in [4.78, 5) is 23.7. The second kappa shape index (κ2) is 8.31. The maximum absolute atomic E-state index is 12.5. The first-order chi connectivity index (χ1) is 13.3. The molecule has 0 atom stereocenters. The van der Waals surface area contributed by atoms with Crippen LogP contribution in [0.4, 0.5) is 11.5 Å². The SMILES string of the molecule is O=C(Nc1ccc(N2CCCCC2)nc1)c1csc(Cc2ccccc2)n1. The predicted octanol–water partition coefficient (Wildman–Crippen LogP) is 4.37. The van der Waals surface area contributed by atoms with Crippen LogP contribution >= 0.6 is 11.3 Å². The number of nitrogens with zero attached hydrogens (tertiary/aromatic N) is 3. The van der Waals surface area contributed by atoms with Crippen molar-refractivity contribution in [1.29, 1.82) is 0 Å². The molecular formula is C21H22N4OS. The van der Waals surface area contributed by atoms with E-state index in [1.807, 2.05) is 35.7 Å². The van der Waals surface area contributed by atoms with Crippen molar-refractivity contribution in [1.82, 2.24) is 9.97 Å². The number of pyridine rings is 1. The highest BCUT2D eigenvalue weighted by Crippen LogP contribution is 2.20. The van der Waals surface area contributed by atoms with Crippen molar-refractivity contribution in [2.75, 3.05) is 23.3 Å². The summed E-state index contributed by atoms with van der Waals surface area (Å²) < 4.78 is 0. The third-order valence-corrected chi connectivity index (χ3v) is 5.52. The van der Waals surface area contributed by atoms with E-state index in [0.29, 0.717) is 11.4 Å². The number of anilines is 2. The zero-order valence-corrected chi connectivity index (χ0v) is 15.9. The van der Waals surface area contributed by atoms with Crippen molar-refractivity contribution in [3.8, 4) is 0 Å². The lowest BCUT2D eigenvalue weighted by molar-refractivity contribution is 0.102. The molecule has 1 fully saturated rings. The zero-order chi connectivity index (χ0) is 18.5. The highest BCUT2D eigenvalue weighted by Gasteiger charge is 2.14. The summed E-state index contributed by atoms with van der Waals surface area (Å²) >= 11 is 1.51. The van der Waals surface area contributed by atoms with E-state index in [1.54, 1.807) is 6.20 Å². The van der Waals surface area contributed by atoms with Gasteiger partial charge in [-0.1, -0.05) is 30.3 Å². The van der Waals surface area contributed by atoms with Crippen molar-refractivity contribution in [2.24, 2.45) is 0 Å². The first kappa shape index (κ1) is 17.7. The molecule has 1 aromatic carbocycles. The molecule has 0 unspecified atom stereocenters. The summed E-state index contributed by atoms with van der Waals surface area (Å²) in [6.45, 7) is 2.11. The van der Waals surface area contributed by atoms with Gasteiger partial charge in [0.25, 0.3) is 5.91 Å². The predicted molar refractivity (Wildman–Crippen MR) is 110 cm³/mol. The number of thiazole rings is 1. The second-order valence-corrected chi connectivity index (χ2v) is 7.64. The van der Waals surface area contributed by atoms with E-state index >= 15 is 0 Å². The van der Waals surface area contributed by atoms with Crippen molar-refractivity contribution in [2.45, 2.75) is 25.7 Å². The third-order valence-electron chi connectivity index (χ3n) is 4.67. The van der Waals surface area contributed by atoms with Gasteiger partial charge in [-0.15, -0.1) is 11.3 Å². The summed E-state index contributed by atoms with van der Waals surface area (Å²) in [7, 11) is 0. The number of rotatable bonds is 5. The third kappa shape index (κ3) is 4.52. The van der Waals surface area contributed by atoms with E-state index < -0.39 is 0 Å². The minimum absolute atomic E-state index is 0.196. The minimum atomic E-state index is -0.196. The quantitative estimate of drug-likeness (QED) is 0.716. The van der Waals surface area contributed by atoms with Crippen LogP contribution in [-0.4, -0.2) is 29.0 Å². The molecule has 138 valence electrons. The van der Waals surface area contributed by atoms with E-state index in [-0.39, 0.29) is 5.91 Å². The van der Waals surface area contributed by atoms with Gasteiger partial charge >= 0.3 is 0 Å². The van der Waals surface area contributed by atoms with Crippen LogP contribution in [0, 0.1) is 0 Å². The van der Waals surface area contributed by atoms with Gasteiger partial charge in [-0.2, -0.15) is 0 Å². The highest BCUT2D eigenvalue weighted by atomic mass is 32.1. The second-order valence-electron chi connectivity index (χ2n) is 6.70. The van der Waals surface area contributed by atoms with Crippen LogP contribution in [0.5, 0.6) is 0 Å². The van der Waals surface area contributed by atoms with E-state index in [4.69, 9.17) is 0 Å². The molecule has 27 heavy (non-hydrogen) atoms. The smallest absolute Gasteiger partial charge is 0.275 e. The summed E-state index contributed by atoms with van der Waals surface area (Å²) in [5.74, 6) is 0.782. The highest BCUT2D eigenvalue weighted by molar-refractivity contribution is 7.09. The van der Waals surface area contributed by atoms with Crippen molar-refractivity contribution < 1.29 is 4.79 Å². The molecule has 1 saturated heterocycles. The van der Waals surface area contributed by atoms with E-state index in [0.717, 1.165) is 30.3 Å². The molecule has 3 heterocycles. The number of hydrogen-bond donors (Lipinski definition) is 1. The molecular weight excluding hydrogens is 356 g/mol. The normalized spacial score (nSPS) is 14.1. The molecule has 0 radical (unpaired) electrons. The summed E-state index contributed by atoms with van der Waals surface area (Å²) in [6, 6.07) is 14.0. The number of carbonyl (C=O) groups is 1. The van der Waals surface area contributed by atoms with E-state index in [9.17, 15) is 4.79 Å². The number of benzene rings is 1. The van der Waals surface area contributed by atoms with E-state index in [2.05, 4.69) is 32.3 Å². The fourth-order valence-electron chi connectivity index (χ4n) is 3.23. The van der Waals surface area contributed by atoms with Crippen LogP contribution < -0.4 is 10.2 Å². The van der Waals surface area contributed by atoms with Crippen LogP contribution in [0.3, 0.4) is 0 Å². The topological polar surface area (TPSA) is 58.1 Å². The Kier molecular flexibility index (Phi) is 5.44. The molecule has 0 saturated carbocycles. The number of nitrogens with one attached hydrogen (secondary N) is 1. The molecule has 1 amide bonds. The molecule has 4 rings (SSSR count). The molecule has 0 aliphatic carbocycles. The fourth-order valence-corrected chi connectivity index (χ4v) is 4.04. The molecule has 5 nitrogen and oxygen atoms in total. The summed E-state index contributed by atoms with van der Waals surface area (Å²) in [5.41, 5.74) is 2.33. The standard InChI is InChI=1S/C21H22N4OS/c26-21(18-15-27-20(24-18)13-16-7-3-1-4-8-16)23-17-9-10-19(22-14-17)25-11-5-2-6-12-25/h1,3-4,7-10,14-15H,2,5-6,11-13H2,(H,23,26). The Bertz CT molecular complexity index is 886. The minimum Gasteiger partial charge on any atom is -0.357 e. The average molecular weight is 379 g/mol. The first-order valence-electron chi connectivity index (χ1n) is 9.28. The molecule has 6 heteroatoms. The van der Waals surface area contributed by atoms with Gasteiger partial charge in [-0.3, -0.25) is 4.79 Å². The number of aromatic nitrogens is 2. The number of amides is 1. The van der Waals surface area contributed by atoms with Gasteiger partial charge in [0, 0.05) is 24.9 Å². The molecule has 0 bridgehead atoms. The van der Waals surface area contributed by atoms with Gasteiger partial charge in [-0.25, -0.2) is 9.97 Å². The maximum atomic E-state index is 12.5. The zero-order valence-electron chi connectivity index (χ0n) is 15.1. The van der Waals surface area contributed by atoms with Gasteiger partial charge in [0.15, 0.2) is 0 Å². The Morgan fingerprint density at radius 2 is 1.89 bits per heavy atom. The largest absolute Gasteiger partial charge is 0.357 e. The first-order valence-corrected chi connectivity index (χ1v) is 10.2. The monoisotopic (exact) mass is 378 g/mol. The van der Waals surface area contributed by atoms with Gasteiger partial charge < -0.3 is 10.2 Å². The Balaban J connectivity index is 1.37. The fraction of sp³-hybridized carbons (Fsp3) is 0.286. The number of hydrogen-bond acceptors (Lipinski definition) is 5. The van der Waals surface area contributed by atoms with Gasteiger partial charge in [-0.05, 0) is 37.0 Å². The Labute approximate surface area is 163 Å². The molecule has 3 aromatic rings. The number of piperidine rings is 1. The van der Waals surface area contributed by atoms with Crippen molar-refractivity contribution in [3.05, 3.63) is 70.3 Å². The van der Waals surface area contributed by atoms with Crippen LogP contribution in [0.15, 0.2) is 54.0 Å². The van der Waals surface area contributed by atoms with Crippen molar-refractivity contribution in [3.63, 3.8) is 0 Å². The average Bonchev–Trinajstić information content (AvgIpc) is 3.19. The van der Waals surface area contributed by atoms with Crippen LogP contribution in [-0.2, 0) is 6.42 Å². The number of carbonyl (C=O) groups excluding carboxylic acids is 1. The lowest BCUT2D eigenvalue weighted by Gasteiger charge is -2.27. The molecule has 1 N–H and O–H groups in total. The molecule has 1 aliphatic rings. The Hall–Kier alpha value is -2.73. The lowest BCUT2D eigenvalue weighted by Crippen LogP contribution is -2.30. The van der Waals surface area contributed by atoms with Gasteiger partial charge in [0.05, 0.1) is 16.9 Å². The van der Waals surface area contributed by atoms with Gasteiger partial charge in [0.1, 0.15) is 11.5 Å². The Morgan fingerprint density at radius 1 is 1.07 bits per heavy atom. The van der Waals surface area contributed by atoms with Crippen LogP contribution in [0.25, 0.3) is 0 Å². The summed E-state index contributed by atoms with van der Waals surface area (Å²) in [5, 5.41) is 5.63. The molecule has 2 aromatic heterocycles. The van der Waals surface area contributed by atoms with E-state index in [1.165, 1.54) is 36.2 Å². The molecule has 1 aliphatic heterocycles.